The van der Waals surface area contributed by atoms with Gasteiger partial charge in [0.05, 0.1) is 12.7 Å². The SMILES string of the molecule is CN(CCOCC1CC1)C(=O)C1(N)C2CCCOC2C1(C)C.Cl. The third-order valence-corrected chi connectivity index (χ3v) is 6.01. The van der Waals surface area contributed by atoms with Crippen LogP contribution in [0.1, 0.15) is 39.5 Å². The van der Waals surface area contributed by atoms with Gasteiger partial charge in [-0.25, -0.2) is 0 Å². The number of halogens is 1. The minimum atomic E-state index is -0.802. The van der Waals surface area contributed by atoms with Gasteiger partial charge in [-0.05, 0) is 31.6 Å². The van der Waals surface area contributed by atoms with Crippen LogP contribution in [0.25, 0.3) is 0 Å². The Kier molecular flexibility index (Phi) is 5.66. The van der Waals surface area contributed by atoms with E-state index >= 15 is 0 Å². The van der Waals surface area contributed by atoms with Crippen molar-refractivity contribution < 1.29 is 14.3 Å². The van der Waals surface area contributed by atoms with Crippen LogP contribution in [0.2, 0.25) is 0 Å². The minimum absolute atomic E-state index is 0. The normalized spacial score (nSPS) is 34.8. The fourth-order valence-electron chi connectivity index (χ4n) is 4.16. The zero-order valence-electron chi connectivity index (χ0n) is 14.5. The van der Waals surface area contributed by atoms with E-state index in [-0.39, 0.29) is 35.8 Å². The monoisotopic (exact) mass is 346 g/mol. The van der Waals surface area contributed by atoms with E-state index in [4.69, 9.17) is 15.2 Å². The molecular formula is C17H31ClN2O3. The molecular weight excluding hydrogens is 316 g/mol. The predicted octanol–water partition coefficient (Wildman–Crippen LogP) is 1.83. The fourth-order valence-corrected chi connectivity index (χ4v) is 4.16. The van der Waals surface area contributed by atoms with Crippen molar-refractivity contribution in [3.8, 4) is 0 Å². The lowest BCUT2D eigenvalue weighted by Crippen LogP contribution is -2.82. The molecule has 0 aromatic carbocycles. The molecule has 3 aliphatic rings. The Labute approximate surface area is 145 Å². The van der Waals surface area contributed by atoms with Crippen LogP contribution >= 0.6 is 12.4 Å². The highest BCUT2D eigenvalue weighted by Crippen LogP contribution is 2.57. The van der Waals surface area contributed by atoms with E-state index in [1.807, 2.05) is 7.05 Å². The van der Waals surface area contributed by atoms with Crippen molar-refractivity contribution >= 4 is 18.3 Å². The average Bonchev–Trinajstić information content (AvgIpc) is 3.34. The number of nitrogens with zero attached hydrogens (tertiary/aromatic N) is 1. The first-order valence-electron chi connectivity index (χ1n) is 8.63. The molecule has 1 aliphatic heterocycles. The Bertz CT molecular complexity index is 442. The Morgan fingerprint density at radius 2 is 2.04 bits per heavy atom. The Morgan fingerprint density at radius 3 is 2.70 bits per heavy atom. The summed E-state index contributed by atoms with van der Waals surface area (Å²) in [7, 11) is 1.84. The molecule has 1 amide bonds. The molecule has 3 rings (SSSR count). The van der Waals surface area contributed by atoms with Crippen molar-refractivity contribution in [3.63, 3.8) is 0 Å². The fraction of sp³-hybridized carbons (Fsp3) is 0.941. The second kappa shape index (κ2) is 6.87. The van der Waals surface area contributed by atoms with Crippen LogP contribution < -0.4 is 5.73 Å². The summed E-state index contributed by atoms with van der Waals surface area (Å²) >= 11 is 0. The highest BCUT2D eigenvalue weighted by Gasteiger charge is 2.70. The zero-order chi connectivity index (χ0) is 16.0. The van der Waals surface area contributed by atoms with Gasteiger partial charge < -0.3 is 20.1 Å². The van der Waals surface area contributed by atoms with E-state index in [0.717, 1.165) is 32.0 Å². The highest BCUT2D eigenvalue weighted by molar-refractivity contribution is 5.89. The van der Waals surface area contributed by atoms with Crippen molar-refractivity contribution in [1.29, 1.82) is 0 Å². The van der Waals surface area contributed by atoms with Crippen LogP contribution in [0.3, 0.4) is 0 Å². The van der Waals surface area contributed by atoms with Gasteiger partial charge >= 0.3 is 0 Å². The van der Waals surface area contributed by atoms with Gasteiger partial charge in [0.1, 0.15) is 5.54 Å². The molecule has 3 fully saturated rings. The number of carbonyl (C=O) groups excluding carboxylic acids is 1. The van der Waals surface area contributed by atoms with E-state index in [1.165, 1.54) is 12.8 Å². The van der Waals surface area contributed by atoms with Gasteiger partial charge in [0.2, 0.25) is 5.91 Å². The summed E-state index contributed by atoms with van der Waals surface area (Å²) in [6.07, 6.45) is 4.69. The van der Waals surface area contributed by atoms with Crippen LogP contribution in [-0.4, -0.2) is 55.9 Å². The third-order valence-electron chi connectivity index (χ3n) is 6.01. The second-order valence-electron chi connectivity index (χ2n) is 7.88. The Morgan fingerprint density at radius 1 is 1.35 bits per heavy atom. The predicted molar refractivity (Wildman–Crippen MR) is 91.6 cm³/mol. The lowest BCUT2D eigenvalue weighted by atomic mass is 9.46. The summed E-state index contributed by atoms with van der Waals surface area (Å²) in [4.78, 5) is 14.7. The van der Waals surface area contributed by atoms with Crippen molar-refractivity contribution in [2.24, 2.45) is 23.0 Å². The molecule has 2 N–H and O–H groups in total. The maximum atomic E-state index is 12.9. The molecule has 0 aromatic rings. The molecule has 134 valence electrons. The van der Waals surface area contributed by atoms with Gasteiger partial charge in [-0.1, -0.05) is 13.8 Å². The first-order valence-corrected chi connectivity index (χ1v) is 8.63. The number of amides is 1. The smallest absolute Gasteiger partial charge is 0.243 e. The average molecular weight is 347 g/mol. The molecule has 1 saturated heterocycles. The number of nitrogens with two attached hydrogens (primary N) is 1. The molecule has 2 aliphatic carbocycles. The summed E-state index contributed by atoms with van der Waals surface area (Å²) in [6, 6.07) is 0. The summed E-state index contributed by atoms with van der Waals surface area (Å²) in [5, 5.41) is 0. The number of ether oxygens (including phenoxy) is 2. The van der Waals surface area contributed by atoms with Crippen LogP contribution in [-0.2, 0) is 14.3 Å². The molecule has 5 nitrogen and oxygen atoms in total. The second-order valence-corrected chi connectivity index (χ2v) is 7.88. The number of fused-ring (bicyclic) bond motifs is 1. The molecule has 3 unspecified atom stereocenters. The van der Waals surface area contributed by atoms with Crippen molar-refractivity contribution in [1.82, 2.24) is 4.90 Å². The van der Waals surface area contributed by atoms with E-state index < -0.39 is 5.54 Å². The van der Waals surface area contributed by atoms with Crippen LogP contribution in [0, 0.1) is 17.3 Å². The number of hydrogen-bond donors (Lipinski definition) is 1. The zero-order valence-corrected chi connectivity index (χ0v) is 15.4. The third kappa shape index (κ3) is 3.13. The summed E-state index contributed by atoms with van der Waals surface area (Å²) in [5.74, 6) is 0.949. The Hall–Kier alpha value is -0.360. The van der Waals surface area contributed by atoms with Gasteiger partial charge in [-0.2, -0.15) is 0 Å². The van der Waals surface area contributed by atoms with E-state index in [0.29, 0.717) is 13.2 Å². The minimum Gasteiger partial charge on any atom is -0.379 e. The van der Waals surface area contributed by atoms with Crippen molar-refractivity contribution in [3.05, 3.63) is 0 Å². The molecule has 0 bridgehead atoms. The van der Waals surface area contributed by atoms with E-state index in [1.54, 1.807) is 4.90 Å². The highest BCUT2D eigenvalue weighted by atomic mass is 35.5. The van der Waals surface area contributed by atoms with E-state index in [2.05, 4.69) is 13.8 Å². The maximum absolute atomic E-state index is 12.9. The van der Waals surface area contributed by atoms with Gasteiger partial charge in [-0.15, -0.1) is 12.4 Å². The number of rotatable bonds is 6. The summed E-state index contributed by atoms with van der Waals surface area (Å²) < 4.78 is 11.5. The van der Waals surface area contributed by atoms with Gasteiger partial charge in [0.15, 0.2) is 0 Å². The molecule has 0 spiro atoms. The topological polar surface area (TPSA) is 64.8 Å². The van der Waals surface area contributed by atoms with Gasteiger partial charge in [0.25, 0.3) is 0 Å². The molecule has 0 radical (unpaired) electrons. The van der Waals surface area contributed by atoms with Gasteiger partial charge in [-0.3, -0.25) is 4.79 Å². The van der Waals surface area contributed by atoms with Crippen LogP contribution in [0.4, 0.5) is 0 Å². The number of likely N-dealkylation sites (N-methyl/N-ethyl adjacent to an activating group) is 1. The first kappa shape index (κ1) is 19.0. The largest absolute Gasteiger partial charge is 0.379 e. The maximum Gasteiger partial charge on any atom is 0.243 e. The molecule has 2 saturated carbocycles. The van der Waals surface area contributed by atoms with E-state index in [9.17, 15) is 4.79 Å². The van der Waals surface area contributed by atoms with Crippen molar-refractivity contribution in [2.75, 3.05) is 33.4 Å². The lowest BCUT2D eigenvalue weighted by molar-refractivity contribution is -0.229. The standard InChI is InChI=1S/C17H30N2O3.ClH/c1-16(2)14-13(5-4-9-22-14)17(16,18)15(20)19(3)8-10-21-11-12-6-7-12;/h12-14H,4-11,18H2,1-3H3;1H. The molecule has 0 aromatic heterocycles. The molecule has 23 heavy (non-hydrogen) atoms. The van der Waals surface area contributed by atoms with Crippen LogP contribution in [0.15, 0.2) is 0 Å². The lowest BCUT2D eigenvalue weighted by Gasteiger charge is -2.65. The summed E-state index contributed by atoms with van der Waals surface area (Å²) in [5.41, 5.74) is 5.52. The Balaban J connectivity index is 0.00000192. The molecule has 1 heterocycles. The first-order chi connectivity index (χ1) is 10.4. The molecule has 6 heteroatoms. The van der Waals surface area contributed by atoms with Crippen molar-refractivity contribution in [2.45, 2.75) is 51.2 Å². The quantitative estimate of drug-likeness (QED) is 0.745. The molecule has 3 atom stereocenters. The number of carbonyl (C=O) groups is 1. The van der Waals surface area contributed by atoms with Gasteiger partial charge in [0, 0.05) is 38.1 Å². The summed E-state index contributed by atoms with van der Waals surface area (Å²) in [6.45, 7) is 6.96. The van der Waals surface area contributed by atoms with Crippen LogP contribution in [0.5, 0.6) is 0 Å². The number of hydrogen-bond acceptors (Lipinski definition) is 4.